The van der Waals surface area contributed by atoms with Gasteiger partial charge in [0.2, 0.25) is 0 Å². The van der Waals surface area contributed by atoms with Gasteiger partial charge in [0, 0.05) is 19.7 Å². The fraction of sp³-hybridized carbons (Fsp3) is 0.500. The minimum atomic E-state index is -0.598. The Morgan fingerprint density at radius 3 is 2.89 bits per heavy atom. The van der Waals surface area contributed by atoms with Crippen LogP contribution >= 0.6 is 11.3 Å². The molecule has 1 fully saturated rings. The normalized spacial score (nSPS) is 18.6. The number of carbonyl (C=O) groups excluding carboxylic acids is 2. The Balaban J connectivity index is 1.66. The molecule has 1 aliphatic heterocycles. The molecule has 0 saturated carbocycles. The van der Waals surface area contributed by atoms with Crippen LogP contribution in [0.1, 0.15) is 18.4 Å². The lowest BCUT2D eigenvalue weighted by Crippen LogP contribution is -2.42. The number of carbonyl (C=O) groups is 2. The number of amides is 2. The molecule has 1 aromatic rings. The van der Waals surface area contributed by atoms with Crippen LogP contribution in [0.4, 0.5) is 0 Å². The summed E-state index contributed by atoms with van der Waals surface area (Å²) in [5.74, 6) is -1.19. The second kappa shape index (κ2) is 6.51. The van der Waals surface area contributed by atoms with Crippen LogP contribution in [0.25, 0.3) is 0 Å². The van der Waals surface area contributed by atoms with Crippen LogP contribution in [0.2, 0.25) is 0 Å². The molecule has 98 valence electrons. The van der Waals surface area contributed by atoms with Gasteiger partial charge in [0.05, 0.1) is 6.10 Å². The maximum Gasteiger partial charge on any atom is 0.309 e. The maximum atomic E-state index is 11.5. The summed E-state index contributed by atoms with van der Waals surface area (Å²) >= 11 is 1.56. The Labute approximate surface area is 110 Å². The third-order valence-electron chi connectivity index (χ3n) is 2.75. The van der Waals surface area contributed by atoms with Gasteiger partial charge in [0.25, 0.3) is 0 Å². The van der Waals surface area contributed by atoms with Crippen LogP contribution in [0, 0.1) is 0 Å². The zero-order valence-corrected chi connectivity index (χ0v) is 10.8. The second-order valence-electron chi connectivity index (χ2n) is 4.16. The maximum absolute atomic E-state index is 11.5. The molecule has 2 heterocycles. The highest BCUT2D eigenvalue weighted by Crippen LogP contribution is 2.10. The minimum absolute atomic E-state index is 0.0543. The summed E-state index contributed by atoms with van der Waals surface area (Å²) in [4.78, 5) is 23.0. The molecule has 1 atom stereocenters. The highest BCUT2D eigenvalue weighted by molar-refractivity contribution is 7.07. The summed E-state index contributed by atoms with van der Waals surface area (Å²) in [6.07, 6.45) is 2.01. The van der Waals surface area contributed by atoms with Crippen LogP contribution in [-0.4, -0.2) is 31.1 Å². The molecule has 2 N–H and O–H groups in total. The van der Waals surface area contributed by atoms with E-state index >= 15 is 0 Å². The van der Waals surface area contributed by atoms with E-state index in [1.54, 1.807) is 11.3 Å². The Morgan fingerprint density at radius 1 is 1.39 bits per heavy atom. The first kappa shape index (κ1) is 13.0. The van der Waals surface area contributed by atoms with Crippen molar-refractivity contribution in [1.82, 2.24) is 10.6 Å². The third kappa shape index (κ3) is 3.82. The summed E-state index contributed by atoms with van der Waals surface area (Å²) in [7, 11) is 0. The number of rotatable bonds is 4. The molecule has 0 radical (unpaired) electrons. The van der Waals surface area contributed by atoms with Crippen molar-refractivity contribution in [3.63, 3.8) is 0 Å². The van der Waals surface area contributed by atoms with Crippen molar-refractivity contribution in [1.29, 1.82) is 0 Å². The van der Waals surface area contributed by atoms with Crippen LogP contribution < -0.4 is 10.6 Å². The molecule has 18 heavy (non-hydrogen) atoms. The largest absolute Gasteiger partial charge is 0.376 e. The van der Waals surface area contributed by atoms with E-state index in [-0.39, 0.29) is 6.10 Å². The lowest BCUT2D eigenvalue weighted by atomic mass is 10.2. The van der Waals surface area contributed by atoms with Crippen molar-refractivity contribution >= 4 is 23.2 Å². The van der Waals surface area contributed by atoms with E-state index in [9.17, 15) is 9.59 Å². The fourth-order valence-electron chi connectivity index (χ4n) is 1.75. The first-order valence-electron chi connectivity index (χ1n) is 5.94. The van der Waals surface area contributed by atoms with E-state index in [1.165, 1.54) is 0 Å². The van der Waals surface area contributed by atoms with Crippen molar-refractivity contribution in [3.05, 3.63) is 22.4 Å². The van der Waals surface area contributed by atoms with E-state index in [0.29, 0.717) is 13.1 Å². The number of hydrogen-bond donors (Lipinski definition) is 2. The minimum Gasteiger partial charge on any atom is -0.376 e. The molecular formula is C12H16N2O3S. The zero-order chi connectivity index (χ0) is 12.8. The van der Waals surface area contributed by atoms with Gasteiger partial charge in [-0.15, -0.1) is 0 Å². The number of nitrogens with one attached hydrogen (secondary N) is 2. The molecule has 2 rings (SSSR count). The van der Waals surface area contributed by atoms with Crippen molar-refractivity contribution in [3.8, 4) is 0 Å². The fourth-order valence-corrected chi connectivity index (χ4v) is 2.42. The van der Waals surface area contributed by atoms with E-state index in [2.05, 4.69) is 10.6 Å². The zero-order valence-electron chi connectivity index (χ0n) is 9.98. The number of hydrogen-bond acceptors (Lipinski definition) is 4. The van der Waals surface area contributed by atoms with Gasteiger partial charge in [-0.2, -0.15) is 11.3 Å². The van der Waals surface area contributed by atoms with E-state index in [0.717, 1.165) is 25.0 Å². The summed E-state index contributed by atoms with van der Waals surface area (Å²) in [5, 5.41) is 9.02. The first-order valence-corrected chi connectivity index (χ1v) is 6.88. The van der Waals surface area contributed by atoms with Crippen LogP contribution in [-0.2, 0) is 20.9 Å². The van der Waals surface area contributed by atoms with E-state index < -0.39 is 11.8 Å². The molecular weight excluding hydrogens is 252 g/mol. The van der Waals surface area contributed by atoms with E-state index in [4.69, 9.17) is 4.74 Å². The molecule has 2 amide bonds. The Kier molecular flexibility index (Phi) is 4.72. The monoisotopic (exact) mass is 268 g/mol. The highest BCUT2D eigenvalue weighted by atomic mass is 32.1. The van der Waals surface area contributed by atoms with Gasteiger partial charge in [0.1, 0.15) is 0 Å². The Hall–Kier alpha value is -1.40. The summed E-state index contributed by atoms with van der Waals surface area (Å²) < 4.78 is 5.36. The molecule has 0 bridgehead atoms. The molecule has 0 unspecified atom stereocenters. The van der Waals surface area contributed by atoms with Gasteiger partial charge >= 0.3 is 11.8 Å². The average Bonchev–Trinajstić information content (AvgIpc) is 3.05. The van der Waals surface area contributed by atoms with Gasteiger partial charge in [-0.3, -0.25) is 9.59 Å². The molecule has 6 heteroatoms. The summed E-state index contributed by atoms with van der Waals surface area (Å²) in [6, 6.07) is 1.91. The smallest absolute Gasteiger partial charge is 0.309 e. The Bertz CT molecular complexity index is 399. The van der Waals surface area contributed by atoms with Crippen LogP contribution in [0.15, 0.2) is 16.8 Å². The second-order valence-corrected chi connectivity index (χ2v) is 4.94. The summed E-state index contributed by atoms with van der Waals surface area (Å²) in [5.41, 5.74) is 1.00. The van der Waals surface area contributed by atoms with Crippen LogP contribution in [0.5, 0.6) is 0 Å². The van der Waals surface area contributed by atoms with Gasteiger partial charge in [0.15, 0.2) is 0 Å². The topological polar surface area (TPSA) is 67.4 Å². The SMILES string of the molecule is O=C(NCc1ccsc1)C(=O)NC[C@@H]1CCCO1. The molecule has 0 aromatic carbocycles. The van der Waals surface area contributed by atoms with Gasteiger partial charge in [-0.25, -0.2) is 0 Å². The molecule has 1 aliphatic rings. The van der Waals surface area contributed by atoms with Gasteiger partial charge in [-0.05, 0) is 35.2 Å². The first-order chi connectivity index (χ1) is 8.75. The summed E-state index contributed by atoms with van der Waals surface area (Å²) in [6.45, 7) is 1.53. The molecule has 5 nitrogen and oxygen atoms in total. The lowest BCUT2D eigenvalue weighted by Gasteiger charge is -2.10. The van der Waals surface area contributed by atoms with E-state index in [1.807, 2.05) is 16.8 Å². The number of ether oxygens (including phenoxy) is 1. The quantitative estimate of drug-likeness (QED) is 0.788. The van der Waals surface area contributed by atoms with Gasteiger partial charge < -0.3 is 15.4 Å². The van der Waals surface area contributed by atoms with Crippen LogP contribution in [0.3, 0.4) is 0 Å². The van der Waals surface area contributed by atoms with Crippen molar-refractivity contribution in [2.45, 2.75) is 25.5 Å². The molecule has 1 saturated heterocycles. The lowest BCUT2D eigenvalue weighted by molar-refractivity contribution is -0.139. The predicted octanol–water partition coefficient (Wildman–Crippen LogP) is 0.659. The molecule has 0 aliphatic carbocycles. The molecule has 1 aromatic heterocycles. The van der Waals surface area contributed by atoms with Crippen molar-refractivity contribution < 1.29 is 14.3 Å². The average molecular weight is 268 g/mol. The predicted molar refractivity (Wildman–Crippen MR) is 68.1 cm³/mol. The van der Waals surface area contributed by atoms with Crippen molar-refractivity contribution in [2.24, 2.45) is 0 Å². The number of thiophene rings is 1. The third-order valence-corrected chi connectivity index (χ3v) is 3.49. The highest BCUT2D eigenvalue weighted by Gasteiger charge is 2.18. The standard InChI is InChI=1S/C12H16N2O3S/c15-11(13-6-9-3-5-18-8-9)12(16)14-7-10-2-1-4-17-10/h3,5,8,10H,1-2,4,6-7H2,(H,13,15)(H,14,16)/t10-/m0/s1. The van der Waals surface area contributed by atoms with Gasteiger partial charge in [-0.1, -0.05) is 0 Å². The molecule has 0 spiro atoms. The Morgan fingerprint density at radius 2 is 2.22 bits per heavy atom. The van der Waals surface area contributed by atoms with Crippen molar-refractivity contribution in [2.75, 3.05) is 13.2 Å².